The molecule has 0 fully saturated rings. The van der Waals surface area contributed by atoms with Crippen LogP contribution in [-0.4, -0.2) is 11.6 Å². The monoisotopic (exact) mass is 265 g/mol. The number of aryl methyl sites for hydroxylation is 1. The molecule has 0 unspecified atom stereocenters. The summed E-state index contributed by atoms with van der Waals surface area (Å²) in [7, 11) is 0. The molecule has 3 heteroatoms. The molecule has 1 rings (SSSR count). The first-order chi connectivity index (χ1) is 8.34. The van der Waals surface area contributed by atoms with Crippen LogP contribution >= 0.6 is 12.2 Å². The lowest BCUT2D eigenvalue weighted by Gasteiger charge is -2.21. The Balaban J connectivity index is 3.03. The van der Waals surface area contributed by atoms with E-state index in [1.165, 1.54) is 11.1 Å². The smallest absolute Gasteiger partial charge is 0.122 e. The maximum Gasteiger partial charge on any atom is 0.122 e. The van der Waals surface area contributed by atoms with Gasteiger partial charge in [0.05, 0.1) is 11.6 Å². The highest BCUT2D eigenvalue weighted by atomic mass is 32.1. The van der Waals surface area contributed by atoms with Crippen molar-refractivity contribution in [2.75, 3.05) is 6.61 Å². The molecule has 18 heavy (non-hydrogen) atoms. The minimum absolute atomic E-state index is 0.142. The van der Waals surface area contributed by atoms with E-state index < -0.39 is 0 Å². The van der Waals surface area contributed by atoms with E-state index in [1.807, 2.05) is 6.92 Å². The fraction of sp³-hybridized carbons (Fsp3) is 0.533. The van der Waals surface area contributed by atoms with Crippen LogP contribution < -0.4 is 10.5 Å². The van der Waals surface area contributed by atoms with Crippen LogP contribution in [0, 0.1) is 0 Å². The van der Waals surface area contributed by atoms with Crippen LogP contribution in [-0.2, 0) is 11.8 Å². The van der Waals surface area contributed by atoms with Crippen LogP contribution in [0.25, 0.3) is 0 Å². The van der Waals surface area contributed by atoms with Gasteiger partial charge in [0.2, 0.25) is 0 Å². The van der Waals surface area contributed by atoms with Crippen molar-refractivity contribution in [1.82, 2.24) is 0 Å². The maximum atomic E-state index is 5.65. The van der Waals surface area contributed by atoms with Gasteiger partial charge in [-0.05, 0) is 36.0 Å². The second-order valence-corrected chi connectivity index (χ2v) is 6.00. The van der Waals surface area contributed by atoms with Crippen molar-refractivity contribution >= 4 is 17.2 Å². The number of hydrogen-bond acceptors (Lipinski definition) is 2. The summed E-state index contributed by atoms with van der Waals surface area (Å²) < 4.78 is 5.65. The predicted molar refractivity (Wildman–Crippen MR) is 81.4 cm³/mol. The van der Waals surface area contributed by atoms with Crippen molar-refractivity contribution in [3.8, 4) is 5.75 Å². The molecule has 2 N–H and O–H groups in total. The molecule has 0 amide bonds. The minimum Gasteiger partial charge on any atom is -0.494 e. The molecule has 100 valence electrons. The molecule has 2 nitrogen and oxygen atoms in total. The topological polar surface area (TPSA) is 35.2 Å². The lowest BCUT2D eigenvalue weighted by atomic mass is 9.85. The van der Waals surface area contributed by atoms with Gasteiger partial charge in [-0.3, -0.25) is 0 Å². The molecule has 0 saturated carbocycles. The molecular weight excluding hydrogens is 242 g/mol. The zero-order valence-corrected chi connectivity index (χ0v) is 12.6. The van der Waals surface area contributed by atoms with Crippen molar-refractivity contribution in [2.45, 2.75) is 46.0 Å². The molecular formula is C15H23NOS. The number of benzene rings is 1. The fourth-order valence-corrected chi connectivity index (χ4v) is 1.90. The Morgan fingerprint density at radius 1 is 1.33 bits per heavy atom. The van der Waals surface area contributed by atoms with E-state index in [4.69, 9.17) is 22.7 Å². The summed E-state index contributed by atoms with van der Waals surface area (Å²) in [6, 6.07) is 6.40. The second kappa shape index (κ2) is 6.19. The Morgan fingerprint density at radius 2 is 2.00 bits per heavy atom. The number of thiocarbonyl (C=S) groups is 1. The number of hydrogen-bond donors (Lipinski definition) is 1. The predicted octanol–water partition coefficient (Wildman–Crippen LogP) is 3.60. The number of nitrogens with two attached hydrogens (primary N) is 1. The first kappa shape index (κ1) is 15.0. The third-order valence-corrected chi connectivity index (χ3v) is 3.07. The van der Waals surface area contributed by atoms with Crippen LogP contribution in [0.4, 0.5) is 0 Å². The van der Waals surface area contributed by atoms with Crippen LogP contribution in [0.5, 0.6) is 5.75 Å². The molecule has 0 spiro atoms. The van der Waals surface area contributed by atoms with Gasteiger partial charge in [-0.15, -0.1) is 0 Å². The molecule has 0 aromatic heterocycles. The van der Waals surface area contributed by atoms with Gasteiger partial charge in [0.25, 0.3) is 0 Å². The molecule has 0 aliphatic heterocycles. The molecule has 0 bridgehead atoms. The molecule has 1 aromatic carbocycles. The molecule has 0 aliphatic carbocycles. The summed E-state index contributed by atoms with van der Waals surface area (Å²) in [5.41, 5.74) is 8.22. The van der Waals surface area contributed by atoms with Gasteiger partial charge in [-0.25, -0.2) is 0 Å². The summed E-state index contributed by atoms with van der Waals surface area (Å²) >= 11 is 4.95. The molecule has 0 heterocycles. The van der Waals surface area contributed by atoms with Gasteiger partial charge in [0, 0.05) is 6.42 Å². The average Bonchev–Trinajstić information content (AvgIpc) is 2.26. The summed E-state index contributed by atoms with van der Waals surface area (Å²) in [5.74, 6) is 0.946. The third-order valence-electron chi connectivity index (χ3n) is 2.87. The van der Waals surface area contributed by atoms with Gasteiger partial charge < -0.3 is 10.5 Å². The second-order valence-electron chi connectivity index (χ2n) is 5.47. The van der Waals surface area contributed by atoms with E-state index in [-0.39, 0.29) is 5.41 Å². The summed E-state index contributed by atoms with van der Waals surface area (Å²) in [5, 5.41) is 0. The highest BCUT2D eigenvalue weighted by Gasteiger charge is 2.16. The Hall–Kier alpha value is -1.09. The zero-order valence-electron chi connectivity index (χ0n) is 11.7. The van der Waals surface area contributed by atoms with E-state index in [0.717, 1.165) is 18.6 Å². The van der Waals surface area contributed by atoms with Crippen molar-refractivity contribution in [1.29, 1.82) is 0 Å². The summed E-state index contributed by atoms with van der Waals surface area (Å²) in [6.45, 7) is 9.30. The first-order valence-corrected chi connectivity index (χ1v) is 6.80. The van der Waals surface area contributed by atoms with Crippen molar-refractivity contribution in [3.05, 3.63) is 29.3 Å². The Bertz CT molecular complexity index is 421. The number of rotatable bonds is 5. The molecule has 0 saturated heterocycles. The highest BCUT2D eigenvalue weighted by Crippen LogP contribution is 2.28. The van der Waals surface area contributed by atoms with E-state index in [0.29, 0.717) is 11.6 Å². The minimum atomic E-state index is 0.142. The van der Waals surface area contributed by atoms with Gasteiger partial charge in [-0.2, -0.15) is 0 Å². The van der Waals surface area contributed by atoms with Crippen molar-refractivity contribution in [2.24, 2.45) is 5.73 Å². The average molecular weight is 265 g/mol. The molecule has 0 atom stereocenters. The van der Waals surface area contributed by atoms with Crippen LogP contribution in [0.15, 0.2) is 18.2 Å². The lowest BCUT2D eigenvalue weighted by Crippen LogP contribution is -2.13. The lowest BCUT2D eigenvalue weighted by molar-refractivity contribution is 0.336. The first-order valence-electron chi connectivity index (χ1n) is 6.39. The quantitative estimate of drug-likeness (QED) is 0.826. The molecule has 0 aliphatic rings. The highest BCUT2D eigenvalue weighted by molar-refractivity contribution is 7.80. The van der Waals surface area contributed by atoms with E-state index >= 15 is 0 Å². The van der Waals surface area contributed by atoms with Gasteiger partial charge in [0.15, 0.2) is 0 Å². The van der Waals surface area contributed by atoms with Crippen LogP contribution in [0.2, 0.25) is 0 Å². The number of ether oxygens (including phenoxy) is 1. The summed E-state index contributed by atoms with van der Waals surface area (Å²) in [4.78, 5) is 0.554. The Morgan fingerprint density at radius 3 is 2.50 bits per heavy atom. The largest absolute Gasteiger partial charge is 0.494 e. The standard InChI is InChI=1S/C15H23NOS/c1-5-17-13-8-7-12(15(2,3)4)10-11(13)6-9-14(16)18/h7-8,10H,5-6,9H2,1-4H3,(H2,16,18). The van der Waals surface area contributed by atoms with Crippen LogP contribution in [0.3, 0.4) is 0 Å². The van der Waals surface area contributed by atoms with Crippen molar-refractivity contribution in [3.63, 3.8) is 0 Å². The SMILES string of the molecule is CCOc1ccc(C(C)(C)C)cc1CCC(N)=S. The zero-order chi connectivity index (χ0) is 13.8. The van der Waals surface area contributed by atoms with Gasteiger partial charge in [0.1, 0.15) is 5.75 Å². The summed E-state index contributed by atoms with van der Waals surface area (Å²) in [6.07, 6.45) is 1.57. The van der Waals surface area contributed by atoms with Gasteiger partial charge >= 0.3 is 0 Å². The maximum absolute atomic E-state index is 5.65. The fourth-order valence-electron chi connectivity index (χ4n) is 1.80. The third kappa shape index (κ3) is 4.30. The van der Waals surface area contributed by atoms with Gasteiger partial charge in [-0.1, -0.05) is 45.1 Å². The molecule has 0 radical (unpaired) electrons. The van der Waals surface area contributed by atoms with Crippen LogP contribution in [0.1, 0.15) is 45.2 Å². The normalized spacial score (nSPS) is 11.3. The van der Waals surface area contributed by atoms with Crippen molar-refractivity contribution < 1.29 is 4.74 Å². The van der Waals surface area contributed by atoms with E-state index in [1.54, 1.807) is 0 Å². The molecule has 1 aromatic rings. The van der Waals surface area contributed by atoms with E-state index in [9.17, 15) is 0 Å². The Labute approximate surface area is 116 Å². The Kier molecular flexibility index (Phi) is 5.15. The van der Waals surface area contributed by atoms with E-state index in [2.05, 4.69) is 39.0 Å².